The predicted octanol–water partition coefficient (Wildman–Crippen LogP) is 1.80. The van der Waals surface area contributed by atoms with E-state index in [2.05, 4.69) is 37.9 Å². The van der Waals surface area contributed by atoms with Crippen molar-refractivity contribution in [1.29, 1.82) is 0 Å². The van der Waals surface area contributed by atoms with Crippen molar-refractivity contribution < 1.29 is 14.3 Å². The van der Waals surface area contributed by atoms with Gasteiger partial charge in [0.1, 0.15) is 5.75 Å². The van der Waals surface area contributed by atoms with Crippen molar-refractivity contribution in [3.05, 3.63) is 46.7 Å². The third kappa shape index (κ3) is 6.69. The predicted molar refractivity (Wildman–Crippen MR) is 133 cm³/mol. The maximum atomic E-state index is 12.5. The van der Waals surface area contributed by atoms with Crippen LogP contribution in [0.5, 0.6) is 5.75 Å². The highest BCUT2D eigenvalue weighted by atomic mass is 32.1. The number of carbonyl (C=O) groups is 2. The molecule has 2 amide bonds. The third-order valence-corrected chi connectivity index (χ3v) is 6.79. The molecule has 1 aliphatic heterocycles. The van der Waals surface area contributed by atoms with Crippen LogP contribution in [0.25, 0.3) is 0 Å². The van der Waals surface area contributed by atoms with E-state index in [1.807, 2.05) is 50.2 Å². The number of hydrogen-bond donors (Lipinski definition) is 2. The molecule has 1 saturated heterocycles. The maximum Gasteiger partial charge on any atom is 0.309 e. The molecule has 0 aliphatic carbocycles. The van der Waals surface area contributed by atoms with E-state index < -0.39 is 11.8 Å². The number of hydrogen-bond acceptors (Lipinski definition) is 7. The molecule has 8 nitrogen and oxygen atoms in total. The highest BCUT2D eigenvalue weighted by Gasteiger charge is 2.32. The summed E-state index contributed by atoms with van der Waals surface area (Å²) in [6.07, 6.45) is 0. The maximum absolute atomic E-state index is 12.5. The Labute approximate surface area is 200 Å². The van der Waals surface area contributed by atoms with Gasteiger partial charge in [-0.05, 0) is 44.6 Å². The zero-order valence-electron chi connectivity index (χ0n) is 19.9. The summed E-state index contributed by atoms with van der Waals surface area (Å²) in [5.74, 6) is -0.299. The van der Waals surface area contributed by atoms with Crippen molar-refractivity contribution >= 4 is 28.8 Å². The van der Waals surface area contributed by atoms with Crippen LogP contribution in [0.2, 0.25) is 0 Å². The van der Waals surface area contributed by atoms with Crippen LogP contribution < -0.4 is 20.3 Å². The van der Waals surface area contributed by atoms with Crippen LogP contribution >= 0.6 is 11.3 Å². The molecule has 2 heterocycles. The molecule has 0 saturated carbocycles. The quantitative estimate of drug-likeness (QED) is 0.541. The number of nitrogens with one attached hydrogen (secondary N) is 2. The number of amides is 2. The average molecular weight is 474 g/mol. The van der Waals surface area contributed by atoms with Crippen LogP contribution in [-0.4, -0.2) is 88.1 Å². The lowest BCUT2D eigenvalue weighted by Crippen LogP contribution is -2.54. The largest absolute Gasteiger partial charge is 0.495 e. The fraction of sp³-hybridized carbons (Fsp3) is 0.500. The molecule has 2 atom stereocenters. The van der Waals surface area contributed by atoms with Crippen LogP contribution in [0.15, 0.2) is 41.8 Å². The fourth-order valence-electron chi connectivity index (χ4n) is 4.16. The molecular weight excluding hydrogens is 438 g/mol. The summed E-state index contributed by atoms with van der Waals surface area (Å²) in [7, 11) is 5.55. The molecule has 180 valence electrons. The van der Waals surface area contributed by atoms with E-state index in [9.17, 15) is 9.59 Å². The number of anilines is 1. The first kappa shape index (κ1) is 25.0. The van der Waals surface area contributed by atoms with Gasteiger partial charge < -0.3 is 25.2 Å². The van der Waals surface area contributed by atoms with Gasteiger partial charge >= 0.3 is 11.8 Å². The van der Waals surface area contributed by atoms with E-state index in [0.717, 1.165) is 37.6 Å². The van der Waals surface area contributed by atoms with Crippen LogP contribution in [-0.2, 0) is 9.59 Å². The summed E-state index contributed by atoms with van der Waals surface area (Å²) >= 11 is 1.68. The Morgan fingerprint density at radius 1 is 1.09 bits per heavy atom. The number of thiophene rings is 1. The minimum atomic E-state index is -0.588. The standard InChI is InChI=1S/C24H35N5O3S/c1-18(26-24(31)23(30)25-11-12-27(2)3)22(21-10-7-17-33-21)29-15-13-28(14-16-29)19-8-5-6-9-20(19)32-4/h5-10,17-18,22H,11-16H2,1-4H3,(H,25,30)(H,26,31)/t18-,22+/m1/s1. The molecule has 1 aromatic heterocycles. The summed E-state index contributed by atoms with van der Waals surface area (Å²) < 4.78 is 5.54. The Morgan fingerprint density at radius 3 is 2.45 bits per heavy atom. The van der Waals surface area contributed by atoms with Crippen LogP contribution in [0.3, 0.4) is 0 Å². The van der Waals surface area contributed by atoms with Gasteiger partial charge in [0.2, 0.25) is 0 Å². The Morgan fingerprint density at radius 2 is 1.82 bits per heavy atom. The van der Waals surface area contributed by atoms with Gasteiger partial charge in [-0.1, -0.05) is 18.2 Å². The number of benzene rings is 1. The van der Waals surface area contributed by atoms with Gasteiger partial charge in [-0.15, -0.1) is 11.3 Å². The van der Waals surface area contributed by atoms with Gasteiger partial charge in [0.25, 0.3) is 0 Å². The van der Waals surface area contributed by atoms with Gasteiger partial charge in [-0.2, -0.15) is 0 Å². The average Bonchev–Trinajstić information content (AvgIpc) is 3.33. The lowest BCUT2D eigenvalue weighted by molar-refractivity contribution is -0.139. The van der Waals surface area contributed by atoms with E-state index >= 15 is 0 Å². The van der Waals surface area contributed by atoms with Crippen LogP contribution in [0, 0.1) is 0 Å². The van der Waals surface area contributed by atoms with Gasteiger partial charge in [0.15, 0.2) is 0 Å². The van der Waals surface area contributed by atoms with E-state index in [1.165, 1.54) is 4.88 Å². The molecule has 2 aromatic rings. The number of piperazine rings is 1. The summed E-state index contributed by atoms with van der Waals surface area (Å²) in [5.41, 5.74) is 1.10. The molecule has 33 heavy (non-hydrogen) atoms. The first-order valence-corrected chi connectivity index (χ1v) is 12.2. The number of rotatable bonds is 9. The van der Waals surface area contributed by atoms with Crippen LogP contribution in [0.4, 0.5) is 5.69 Å². The van der Waals surface area contributed by atoms with Crippen molar-refractivity contribution in [3.8, 4) is 5.75 Å². The second kappa shape index (κ2) is 12.0. The monoisotopic (exact) mass is 473 g/mol. The summed E-state index contributed by atoms with van der Waals surface area (Å²) in [5, 5.41) is 7.67. The van der Waals surface area contributed by atoms with Crippen molar-refractivity contribution in [3.63, 3.8) is 0 Å². The molecule has 1 aliphatic rings. The Hall–Kier alpha value is -2.62. The van der Waals surface area contributed by atoms with Gasteiger partial charge in [0, 0.05) is 50.2 Å². The van der Waals surface area contributed by atoms with E-state index in [-0.39, 0.29) is 12.1 Å². The summed E-state index contributed by atoms with van der Waals surface area (Å²) in [4.78, 5) is 32.6. The first-order valence-electron chi connectivity index (χ1n) is 11.3. The van der Waals surface area contributed by atoms with Crippen molar-refractivity contribution in [2.45, 2.75) is 19.0 Å². The number of carbonyl (C=O) groups excluding carboxylic acids is 2. The first-order chi connectivity index (χ1) is 15.9. The minimum absolute atomic E-state index is 0.00310. The normalized spacial score (nSPS) is 16.3. The molecule has 0 bridgehead atoms. The second-order valence-corrected chi connectivity index (χ2v) is 9.46. The summed E-state index contributed by atoms with van der Waals surface area (Å²) in [6.45, 7) is 6.49. The molecule has 0 radical (unpaired) electrons. The third-order valence-electron chi connectivity index (χ3n) is 5.85. The number of likely N-dealkylation sites (N-methyl/N-ethyl adjacent to an activating group) is 1. The van der Waals surface area contributed by atoms with Crippen molar-refractivity contribution in [1.82, 2.24) is 20.4 Å². The fourth-order valence-corrected chi connectivity index (χ4v) is 5.12. The number of nitrogens with zero attached hydrogens (tertiary/aromatic N) is 3. The molecule has 0 unspecified atom stereocenters. The zero-order chi connectivity index (χ0) is 23.8. The van der Waals surface area contributed by atoms with E-state index in [4.69, 9.17) is 4.74 Å². The van der Waals surface area contributed by atoms with E-state index in [1.54, 1.807) is 18.4 Å². The highest BCUT2D eigenvalue weighted by Crippen LogP contribution is 2.32. The molecule has 9 heteroatoms. The lowest BCUT2D eigenvalue weighted by atomic mass is 10.0. The number of ether oxygens (including phenoxy) is 1. The smallest absolute Gasteiger partial charge is 0.309 e. The molecule has 1 fully saturated rings. The molecule has 3 rings (SSSR count). The van der Waals surface area contributed by atoms with Gasteiger partial charge in [-0.25, -0.2) is 0 Å². The van der Waals surface area contributed by atoms with E-state index in [0.29, 0.717) is 13.1 Å². The second-order valence-electron chi connectivity index (χ2n) is 8.48. The molecule has 0 spiro atoms. The lowest BCUT2D eigenvalue weighted by Gasteiger charge is -2.42. The number of para-hydroxylation sites is 2. The molecule has 2 N–H and O–H groups in total. The van der Waals surface area contributed by atoms with Gasteiger partial charge in [0.05, 0.1) is 18.8 Å². The molecule has 1 aromatic carbocycles. The van der Waals surface area contributed by atoms with Crippen molar-refractivity contribution in [2.24, 2.45) is 0 Å². The van der Waals surface area contributed by atoms with Gasteiger partial charge in [-0.3, -0.25) is 14.5 Å². The number of methoxy groups -OCH3 is 1. The summed E-state index contributed by atoms with van der Waals surface area (Å²) in [6, 6.07) is 12.0. The Balaban J connectivity index is 1.64. The molecular formula is C24H35N5O3S. The topological polar surface area (TPSA) is 77.1 Å². The van der Waals surface area contributed by atoms with Crippen LogP contribution in [0.1, 0.15) is 17.8 Å². The van der Waals surface area contributed by atoms with Crippen molar-refractivity contribution in [2.75, 3.05) is 65.4 Å². The Bertz CT molecular complexity index is 897. The zero-order valence-corrected chi connectivity index (χ0v) is 20.7. The highest BCUT2D eigenvalue weighted by molar-refractivity contribution is 7.10. The SMILES string of the molecule is COc1ccccc1N1CCN([C@H](c2cccs2)[C@@H](C)NC(=O)C(=O)NCCN(C)C)CC1. The Kier molecular flexibility index (Phi) is 9.11. The minimum Gasteiger partial charge on any atom is -0.495 e.